The summed E-state index contributed by atoms with van der Waals surface area (Å²) < 4.78 is 104. The maximum Gasteiger partial charge on any atom is 0.380 e. The molecule has 4 aliphatic rings. The summed E-state index contributed by atoms with van der Waals surface area (Å²) in [4.78, 5) is 12.7. The number of halogens is 6. The molecule has 0 N–H and O–H groups in total. The van der Waals surface area contributed by atoms with E-state index in [1.54, 1.807) is 38.1 Å². The quantitative estimate of drug-likeness (QED) is 0.384. The minimum Gasteiger partial charge on any atom is -0.354 e. The largest absolute Gasteiger partial charge is 0.380 e. The van der Waals surface area contributed by atoms with Crippen LogP contribution in [0.2, 0.25) is 0 Å². The molecule has 14 heteroatoms. The molecule has 39 heavy (non-hydrogen) atoms. The van der Waals surface area contributed by atoms with Gasteiger partial charge in [-0.05, 0) is 38.1 Å². The second-order valence-corrected chi connectivity index (χ2v) is 11.1. The summed E-state index contributed by atoms with van der Waals surface area (Å²) in [5.74, 6) is -16.4. The number of ether oxygens (including phenoxy) is 2. The maximum atomic E-state index is 15.5. The number of fused-ring (bicyclic) bond motifs is 4. The SMILES string of the molecule is CCOC12SC(c3ccccn3)=NC1=C1C(=C3N=C(c4ccccn4)SC32OCC)C(F)(F)C(F)(F)C1(F)F. The minimum atomic E-state index is -5.77. The molecule has 2 aromatic heterocycles. The normalized spacial score (nSPS) is 29.6. The van der Waals surface area contributed by atoms with Crippen LogP contribution in [0.3, 0.4) is 0 Å². The Kier molecular flexibility index (Phi) is 5.89. The molecule has 2 aromatic rings. The molecule has 0 spiro atoms. The van der Waals surface area contributed by atoms with Gasteiger partial charge in [-0.2, -0.15) is 26.3 Å². The molecule has 2 unspecified atom stereocenters. The van der Waals surface area contributed by atoms with Gasteiger partial charge in [0.2, 0.25) is 9.87 Å². The van der Waals surface area contributed by atoms with Gasteiger partial charge in [-0.3, -0.25) is 9.97 Å². The second-order valence-electron chi connectivity index (χ2n) is 8.74. The number of pyridine rings is 2. The van der Waals surface area contributed by atoms with Crippen molar-refractivity contribution in [2.75, 3.05) is 13.2 Å². The minimum absolute atomic E-state index is 0.0208. The summed E-state index contributed by atoms with van der Waals surface area (Å²) in [7, 11) is 0. The summed E-state index contributed by atoms with van der Waals surface area (Å²) in [6, 6.07) is 9.52. The van der Waals surface area contributed by atoms with Gasteiger partial charge in [0.1, 0.15) is 10.1 Å². The van der Waals surface area contributed by atoms with Gasteiger partial charge >= 0.3 is 17.8 Å². The van der Waals surface area contributed by atoms with Gasteiger partial charge in [-0.1, -0.05) is 35.7 Å². The van der Waals surface area contributed by atoms with Crippen LogP contribution in [-0.4, -0.2) is 60.9 Å². The topological polar surface area (TPSA) is 69.0 Å². The van der Waals surface area contributed by atoms with E-state index in [0.717, 1.165) is 23.5 Å². The van der Waals surface area contributed by atoms with E-state index in [4.69, 9.17) is 9.47 Å². The molecule has 6 rings (SSSR count). The highest BCUT2D eigenvalue weighted by Gasteiger charge is 2.86. The number of hydrogen-bond donors (Lipinski definition) is 0. The Bertz CT molecular complexity index is 1370. The maximum absolute atomic E-state index is 15.5. The standard InChI is InChI=1S/C25H18F6N4O2S2/c1-3-36-23-17(34-19(38-23)13-9-5-7-11-32-13)15-16(22(28,29)25(30,31)21(15,26)27)18-24(23,37-4-2)39-20(35-18)14-10-6-8-12-33-14/h5-12H,3-4H2,1-2H3. The van der Waals surface area contributed by atoms with Gasteiger partial charge in [0, 0.05) is 25.6 Å². The Morgan fingerprint density at radius 2 is 1.08 bits per heavy atom. The summed E-state index contributed by atoms with van der Waals surface area (Å²) in [6.45, 7) is 2.88. The number of aliphatic imine (C=N–C) groups is 2. The fourth-order valence-corrected chi connectivity index (χ4v) is 7.94. The number of aromatic nitrogens is 2. The lowest BCUT2D eigenvalue weighted by Gasteiger charge is -2.47. The highest BCUT2D eigenvalue weighted by atomic mass is 32.2. The Balaban J connectivity index is 1.73. The Morgan fingerprint density at radius 3 is 1.41 bits per heavy atom. The highest BCUT2D eigenvalue weighted by Crippen LogP contribution is 2.73. The molecule has 6 nitrogen and oxygen atoms in total. The van der Waals surface area contributed by atoms with Crippen molar-refractivity contribution in [3.8, 4) is 0 Å². The van der Waals surface area contributed by atoms with E-state index in [2.05, 4.69) is 20.0 Å². The molecular weight excluding hydrogens is 566 g/mol. The predicted octanol–water partition coefficient (Wildman–Crippen LogP) is 6.07. The molecule has 0 saturated heterocycles. The molecule has 204 valence electrons. The van der Waals surface area contributed by atoms with E-state index < -0.39 is 50.2 Å². The summed E-state index contributed by atoms with van der Waals surface area (Å²) >= 11 is 1.59. The van der Waals surface area contributed by atoms with Crippen LogP contribution in [0.1, 0.15) is 25.2 Å². The average Bonchev–Trinajstić information content (AvgIpc) is 3.52. The Morgan fingerprint density at radius 1 is 0.667 bits per heavy atom. The number of hydrogen-bond acceptors (Lipinski definition) is 8. The van der Waals surface area contributed by atoms with Crippen LogP contribution in [-0.2, 0) is 9.47 Å². The summed E-state index contributed by atoms with van der Waals surface area (Å²) in [6.07, 6.45) is 2.86. The zero-order chi connectivity index (χ0) is 27.8. The van der Waals surface area contributed by atoms with Crippen LogP contribution in [0.25, 0.3) is 0 Å². The van der Waals surface area contributed by atoms with E-state index in [-0.39, 0.29) is 34.7 Å². The van der Waals surface area contributed by atoms with Crippen molar-refractivity contribution in [3.63, 3.8) is 0 Å². The highest BCUT2D eigenvalue weighted by molar-refractivity contribution is 8.19. The lowest BCUT2D eigenvalue weighted by atomic mass is 9.87. The molecule has 2 aliphatic carbocycles. The third-order valence-corrected chi connectivity index (χ3v) is 9.46. The first kappa shape index (κ1) is 26.5. The van der Waals surface area contributed by atoms with E-state index in [0.29, 0.717) is 0 Å². The first-order valence-corrected chi connectivity index (χ1v) is 13.4. The number of rotatable bonds is 6. The summed E-state index contributed by atoms with van der Waals surface area (Å²) in [5, 5.41) is 0.0416. The van der Waals surface area contributed by atoms with Gasteiger partial charge in [-0.15, -0.1) is 0 Å². The zero-order valence-electron chi connectivity index (χ0n) is 20.2. The molecule has 0 aromatic carbocycles. The Labute approximate surface area is 226 Å². The first-order valence-electron chi connectivity index (χ1n) is 11.8. The van der Waals surface area contributed by atoms with Crippen LogP contribution in [0.5, 0.6) is 0 Å². The third-order valence-electron chi connectivity index (χ3n) is 6.57. The molecule has 1 fully saturated rings. The predicted molar refractivity (Wildman–Crippen MR) is 134 cm³/mol. The van der Waals surface area contributed by atoms with E-state index in [1.807, 2.05) is 0 Å². The van der Waals surface area contributed by atoms with Gasteiger partial charge in [0.05, 0.1) is 33.9 Å². The average molecular weight is 585 g/mol. The van der Waals surface area contributed by atoms with E-state index in [1.165, 1.54) is 24.5 Å². The van der Waals surface area contributed by atoms with Crippen molar-refractivity contribution in [1.82, 2.24) is 9.97 Å². The monoisotopic (exact) mass is 584 g/mol. The molecule has 0 bridgehead atoms. The van der Waals surface area contributed by atoms with Crippen molar-refractivity contribution in [2.24, 2.45) is 9.98 Å². The molecule has 2 atom stereocenters. The number of alkyl halides is 6. The second kappa shape index (κ2) is 8.66. The first-order chi connectivity index (χ1) is 18.5. The van der Waals surface area contributed by atoms with Crippen LogP contribution < -0.4 is 0 Å². The fraction of sp³-hybridized carbons (Fsp3) is 0.360. The molecule has 0 radical (unpaired) electrons. The van der Waals surface area contributed by atoms with E-state index >= 15 is 17.6 Å². The molecule has 4 heterocycles. The van der Waals surface area contributed by atoms with E-state index in [9.17, 15) is 8.78 Å². The van der Waals surface area contributed by atoms with Crippen LogP contribution >= 0.6 is 23.5 Å². The van der Waals surface area contributed by atoms with Crippen molar-refractivity contribution in [2.45, 2.75) is 41.5 Å². The van der Waals surface area contributed by atoms with Gasteiger partial charge in [0.15, 0.2) is 0 Å². The van der Waals surface area contributed by atoms with Crippen LogP contribution in [0, 0.1) is 0 Å². The lowest BCUT2D eigenvalue weighted by Crippen LogP contribution is -2.56. The van der Waals surface area contributed by atoms with Crippen molar-refractivity contribution >= 4 is 33.6 Å². The Hall–Kier alpha value is -2.68. The molecule has 2 aliphatic heterocycles. The molecule has 0 amide bonds. The lowest BCUT2D eigenvalue weighted by molar-refractivity contribution is -0.258. The van der Waals surface area contributed by atoms with Gasteiger partial charge in [-0.25, -0.2) is 9.98 Å². The number of thioether (sulfide) groups is 2. The van der Waals surface area contributed by atoms with Gasteiger partial charge < -0.3 is 9.47 Å². The van der Waals surface area contributed by atoms with Gasteiger partial charge in [0.25, 0.3) is 0 Å². The van der Waals surface area contributed by atoms with Crippen LogP contribution in [0.4, 0.5) is 26.3 Å². The molecule has 1 saturated carbocycles. The number of allylic oxidation sites excluding steroid dienone is 2. The zero-order valence-corrected chi connectivity index (χ0v) is 21.9. The third kappa shape index (κ3) is 3.22. The van der Waals surface area contributed by atoms with Crippen molar-refractivity contribution < 1.29 is 35.8 Å². The fourth-order valence-electron chi connectivity index (χ4n) is 5.00. The van der Waals surface area contributed by atoms with Crippen molar-refractivity contribution in [3.05, 3.63) is 82.7 Å². The smallest absolute Gasteiger partial charge is 0.354 e. The summed E-state index contributed by atoms with van der Waals surface area (Å²) in [5.41, 5.74) is -4.33. The van der Waals surface area contributed by atoms with Crippen LogP contribution in [0.15, 0.2) is 81.3 Å². The molecular formula is C25H18F6N4O2S2. The van der Waals surface area contributed by atoms with Crippen molar-refractivity contribution in [1.29, 1.82) is 0 Å². The number of nitrogens with zero attached hydrogens (tertiary/aromatic N) is 4.